The predicted molar refractivity (Wildman–Crippen MR) is 72.5 cm³/mol. The molecular weight excluding hydrogens is 224 g/mol. The minimum atomic E-state index is 0.261. The number of para-hydroxylation sites is 1. The highest BCUT2D eigenvalue weighted by molar-refractivity contribution is 5.64. The van der Waals surface area contributed by atoms with Crippen LogP contribution in [-0.4, -0.2) is 24.8 Å². The number of benzene rings is 1. The number of nitriles is 1. The molecule has 0 aromatic heterocycles. The van der Waals surface area contributed by atoms with E-state index in [4.69, 9.17) is 5.11 Å². The molecule has 2 rings (SSSR count). The Kier molecular flexibility index (Phi) is 4.22. The van der Waals surface area contributed by atoms with Crippen LogP contribution in [0.2, 0.25) is 0 Å². The van der Waals surface area contributed by atoms with Gasteiger partial charge in [0.1, 0.15) is 6.07 Å². The van der Waals surface area contributed by atoms with Crippen molar-refractivity contribution in [1.82, 2.24) is 0 Å². The van der Waals surface area contributed by atoms with Crippen molar-refractivity contribution in [2.24, 2.45) is 5.92 Å². The third-order valence-electron chi connectivity index (χ3n) is 3.73. The maximum atomic E-state index is 9.23. The van der Waals surface area contributed by atoms with Gasteiger partial charge in [-0.2, -0.15) is 5.26 Å². The molecule has 1 saturated heterocycles. The Morgan fingerprint density at radius 1 is 1.50 bits per heavy atom. The number of rotatable bonds is 3. The molecule has 1 unspecified atom stereocenters. The number of piperidine rings is 1. The minimum absolute atomic E-state index is 0.261. The number of aliphatic hydroxyl groups is 1. The van der Waals surface area contributed by atoms with Gasteiger partial charge in [-0.05, 0) is 43.7 Å². The van der Waals surface area contributed by atoms with Crippen LogP contribution in [0.25, 0.3) is 0 Å². The third kappa shape index (κ3) is 2.65. The molecule has 0 spiro atoms. The lowest BCUT2D eigenvalue weighted by atomic mass is 9.93. The summed E-state index contributed by atoms with van der Waals surface area (Å²) in [6.45, 7) is 4.30. The Bertz CT molecular complexity index is 448. The fourth-order valence-electron chi connectivity index (χ4n) is 2.86. The second-order valence-electron chi connectivity index (χ2n) is 5.05. The van der Waals surface area contributed by atoms with E-state index >= 15 is 0 Å². The van der Waals surface area contributed by atoms with Crippen LogP contribution >= 0.6 is 0 Å². The molecule has 96 valence electrons. The molecule has 0 aliphatic carbocycles. The fourth-order valence-corrected chi connectivity index (χ4v) is 2.86. The van der Waals surface area contributed by atoms with Gasteiger partial charge in [0.2, 0.25) is 0 Å². The van der Waals surface area contributed by atoms with Crippen LogP contribution in [0.4, 0.5) is 5.69 Å². The molecule has 1 aliphatic rings. The molecule has 1 atom stereocenters. The summed E-state index contributed by atoms with van der Waals surface area (Å²) in [7, 11) is 0. The van der Waals surface area contributed by atoms with Gasteiger partial charge in [0.25, 0.3) is 0 Å². The molecule has 0 amide bonds. The molecule has 0 radical (unpaired) electrons. The summed E-state index contributed by atoms with van der Waals surface area (Å²) in [5, 5.41) is 18.3. The lowest BCUT2D eigenvalue weighted by Crippen LogP contribution is -2.36. The molecule has 1 heterocycles. The second-order valence-corrected chi connectivity index (χ2v) is 5.05. The average Bonchev–Trinajstić information content (AvgIpc) is 2.39. The molecule has 3 heteroatoms. The summed E-state index contributed by atoms with van der Waals surface area (Å²) in [6, 6.07) is 8.17. The van der Waals surface area contributed by atoms with E-state index in [0.717, 1.165) is 37.2 Å². The maximum Gasteiger partial charge on any atom is 0.101 e. The van der Waals surface area contributed by atoms with Gasteiger partial charge in [0, 0.05) is 19.7 Å². The van der Waals surface area contributed by atoms with Crippen LogP contribution in [0.1, 0.15) is 30.4 Å². The zero-order valence-corrected chi connectivity index (χ0v) is 10.9. The summed E-state index contributed by atoms with van der Waals surface area (Å²) >= 11 is 0. The largest absolute Gasteiger partial charge is 0.396 e. The van der Waals surface area contributed by atoms with E-state index in [1.54, 1.807) is 0 Å². The Labute approximate surface area is 109 Å². The first-order chi connectivity index (χ1) is 8.76. The van der Waals surface area contributed by atoms with Gasteiger partial charge in [-0.1, -0.05) is 12.1 Å². The number of anilines is 1. The van der Waals surface area contributed by atoms with Crippen LogP contribution in [0.5, 0.6) is 0 Å². The highest BCUT2D eigenvalue weighted by atomic mass is 16.3. The highest BCUT2D eigenvalue weighted by Crippen LogP contribution is 2.30. The standard InChI is InChI=1S/C15H20N2O/c1-12-4-2-6-14(10-16)15(12)17-8-3-5-13(11-17)7-9-18/h2,4,6,13,18H,3,5,7-9,11H2,1H3. The molecule has 1 aromatic carbocycles. The van der Waals surface area contributed by atoms with Crippen molar-refractivity contribution in [3.8, 4) is 6.07 Å². The first kappa shape index (κ1) is 12.9. The monoisotopic (exact) mass is 244 g/mol. The minimum Gasteiger partial charge on any atom is -0.396 e. The van der Waals surface area contributed by atoms with Gasteiger partial charge in [-0.3, -0.25) is 0 Å². The van der Waals surface area contributed by atoms with Gasteiger partial charge in [-0.15, -0.1) is 0 Å². The van der Waals surface area contributed by atoms with Gasteiger partial charge in [-0.25, -0.2) is 0 Å². The summed E-state index contributed by atoms with van der Waals surface area (Å²) in [4.78, 5) is 2.32. The van der Waals surface area contributed by atoms with Crippen LogP contribution in [0.15, 0.2) is 18.2 Å². The van der Waals surface area contributed by atoms with Crippen molar-refractivity contribution in [3.05, 3.63) is 29.3 Å². The smallest absolute Gasteiger partial charge is 0.101 e. The van der Waals surface area contributed by atoms with Gasteiger partial charge < -0.3 is 10.0 Å². The zero-order chi connectivity index (χ0) is 13.0. The summed E-state index contributed by atoms with van der Waals surface area (Å²) in [5.74, 6) is 0.551. The SMILES string of the molecule is Cc1cccc(C#N)c1N1CCCC(CCO)C1. The van der Waals surface area contributed by atoms with Crippen LogP contribution in [0, 0.1) is 24.2 Å². The number of aliphatic hydroxyl groups excluding tert-OH is 1. The van der Waals surface area contributed by atoms with Crippen molar-refractivity contribution < 1.29 is 5.11 Å². The first-order valence-electron chi connectivity index (χ1n) is 6.61. The summed E-state index contributed by atoms with van der Waals surface area (Å²) < 4.78 is 0. The van der Waals surface area contributed by atoms with Crippen LogP contribution in [-0.2, 0) is 0 Å². The van der Waals surface area contributed by atoms with Crippen LogP contribution in [0.3, 0.4) is 0 Å². The quantitative estimate of drug-likeness (QED) is 0.888. The van der Waals surface area contributed by atoms with E-state index < -0.39 is 0 Å². The van der Waals surface area contributed by atoms with Gasteiger partial charge >= 0.3 is 0 Å². The van der Waals surface area contributed by atoms with Gasteiger partial charge in [0.15, 0.2) is 0 Å². The van der Waals surface area contributed by atoms with Crippen molar-refractivity contribution >= 4 is 5.69 Å². The molecular formula is C15H20N2O. The fraction of sp³-hybridized carbons (Fsp3) is 0.533. The van der Waals surface area contributed by atoms with Crippen molar-refractivity contribution in [2.45, 2.75) is 26.2 Å². The highest BCUT2D eigenvalue weighted by Gasteiger charge is 2.22. The normalized spacial score (nSPS) is 19.6. The van der Waals surface area contributed by atoms with Crippen molar-refractivity contribution in [2.75, 3.05) is 24.6 Å². The maximum absolute atomic E-state index is 9.23. The number of hydrogen-bond donors (Lipinski definition) is 1. The van der Waals surface area contributed by atoms with E-state index in [-0.39, 0.29) is 6.61 Å². The van der Waals surface area contributed by atoms with E-state index in [1.807, 2.05) is 12.1 Å². The molecule has 1 N–H and O–H groups in total. The van der Waals surface area contributed by atoms with E-state index in [2.05, 4.69) is 24.0 Å². The van der Waals surface area contributed by atoms with Crippen molar-refractivity contribution in [1.29, 1.82) is 5.26 Å². The molecule has 0 bridgehead atoms. The van der Waals surface area contributed by atoms with E-state index in [0.29, 0.717) is 5.92 Å². The molecule has 1 fully saturated rings. The number of hydrogen-bond acceptors (Lipinski definition) is 3. The Morgan fingerprint density at radius 3 is 3.06 bits per heavy atom. The number of nitrogens with zero attached hydrogens (tertiary/aromatic N) is 2. The lowest BCUT2D eigenvalue weighted by Gasteiger charge is -2.35. The Hall–Kier alpha value is -1.53. The summed E-state index contributed by atoms with van der Waals surface area (Å²) in [5.41, 5.74) is 3.01. The molecule has 0 saturated carbocycles. The number of aryl methyl sites for hydroxylation is 1. The van der Waals surface area contributed by atoms with Crippen molar-refractivity contribution in [3.63, 3.8) is 0 Å². The Morgan fingerprint density at radius 2 is 2.33 bits per heavy atom. The molecule has 1 aromatic rings. The summed E-state index contributed by atoms with van der Waals surface area (Å²) in [6.07, 6.45) is 3.19. The van der Waals surface area contributed by atoms with E-state index in [9.17, 15) is 5.26 Å². The predicted octanol–water partition coefficient (Wildman–Crippen LogP) is 2.47. The molecule has 18 heavy (non-hydrogen) atoms. The second kappa shape index (κ2) is 5.88. The van der Waals surface area contributed by atoms with Gasteiger partial charge in [0.05, 0.1) is 11.3 Å². The van der Waals surface area contributed by atoms with E-state index in [1.165, 1.54) is 12.0 Å². The topological polar surface area (TPSA) is 47.3 Å². The third-order valence-corrected chi connectivity index (χ3v) is 3.73. The zero-order valence-electron chi connectivity index (χ0n) is 10.9. The first-order valence-corrected chi connectivity index (χ1v) is 6.61. The average molecular weight is 244 g/mol. The molecule has 1 aliphatic heterocycles. The molecule has 3 nitrogen and oxygen atoms in total. The lowest BCUT2D eigenvalue weighted by molar-refractivity contribution is 0.244. The Balaban J connectivity index is 2.23. The van der Waals surface area contributed by atoms with Crippen LogP contribution < -0.4 is 4.90 Å².